The number of alkyl halides is 3. The minimum atomic E-state index is -4.51. The van der Waals surface area contributed by atoms with Gasteiger partial charge in [-0.25, -0.2) is 4.98 Å². The van der Waals surface area contributed by atoms with E-state index in [-0.39, 0.29) is 17.8 Å². The fourth-order valence-electron chi connectivity index (χ4n) is 1.75. The highest BCUT2D eigenvalue weighted by Crippen LogP contribution is 2.35. The van der Waals surface area contributed by atoms with Crippen LogP contribution in [0.2, 0.25) is 0 Å². The van der Waals surface area contributed by atoms with Gasteiger partial charge < -0.3 is 10.3 Å². The minimum Gasteiger partial charge on any atom is -0.379 e. The number of aryl methyl sites for hydroxylation is 1. The van der Waals surface area contributed by atoms with Crippen LogP contribution in [0.25, 0.3) is 0 Å². The molecule has 104 valence electrons. The maximum atomic E-state index is 12.9. The lowest BCUT2D eigenvalue weighted by molar-refractivity contribution is -0.137. The Morgan fingerprint density at radius 1 is 1.40 bits per heavy atom. The molecule has 0 aliphatic heterocycles. The van der Waals surface area contributed by atoms with E-state index in [0.717, 1.165) is 6.07 Å². The van der Waals surface area contributed by atoms with Crippen molar-refractivity contribution in [3.8, 4) is 6.07 Å². The van der Waals surface area contributed by atoms with Crippen LogP contribution in [0.4, 0.5) is 18.9 Å². The molecule has 2 N–H and O–H groups in total. The molecule has 0 saturated carbocycles. The number of nitriles is 1. The van der Waals surface area contributed by atoms with Gasteiger partial charge in [0.15, 0.2) is 0 Å². The van der Waals surface area contributed by atoms with Crippen LogP contribution in [-0.4, -0.2) is 9.97 Å². The number of halogens is 3. The van der Waals surface area contributed by atoms with Crippen molar-refractivity contribution in [3.63, 3.8) is 0 Å². The molecule has 0 unspecified atom stereocenters. The van der Waals surface area contributed by atoms with Gasteiger partial charge in [-0.15, -0.1) is 0 Å². The van der Waals surface area contributed by atoms with Gasteiger partial charge in [-0.2, -0.15) is 18.4 Å². The van der Waals surface area contributed by atoms with Gasteiger partial charge in [0.2, 0.25) is 0 Å². The molecular formula is C13H11F3N4. The number of benzene rings is 1. The second kappa shape index (κ2) is 5.25. The smallest absolute Gasteiger partial charge is 0.379 e. The van der Waals surface area contributed by atoms with Crippen molar-refractivity contribution in [2.75, 3.05) is 5.32 Å². The van der Waals surface area contributed by atoms with Crippen molar-refractivity contribution in [3.05, 3.63) is 47.0 Å². The summed E-state index contributed by atoms with van der Waals surface area (Å²) in [6.07, 6.45) is -2.96. The number of anilines is 1. The van der Waals surface area contributed by atoms with Gasteiger partial charge in [-0.05, 0) is 25.1 Å². The number of nitrogens with one attached hydrogen (secondary N) is 2. The number of rotatable bonds is 3. The van der Waals surface area contributed by atoms with Gasteiger partial charge in [-0.3, -0.25) is 0 Å². The number of imidazole rings is 1. The summed E-state index contributed by atoms with van der Waals surface area (Å²) < 4.78 is 38.8. The number of hydrogen-bond acceptors (Lipinski definition) is 3. The molecule has 4 nitrogen and oxygen atoms in total. The number of nitrogens with zero attached hydrogens (tertiary/aromatic N) is 2. The summed E-state index contributed by atoms with van der Waals surface area (Å²) >= 11 is 0. The second-order valence-corrected chi connectivity index (χ2v) is 4.22. The summed E-state index contributed by atoms with van der Waals surface area (Å²) in [6.45, 7) is 1.95. The van der Waals surface area contributed by atoms with Crippen molar-refractivity contribution in [1.29, 1.82) is 5.26 Å². The first-order chi connectivity index (χ1) is 9.40. The number of H-pyrrole nitrogens is 1. The fraction of sp³-hybridized carbons (Fsp3) is 0.231. The third-order valence-corrected chi connectivity index (χ3v) is 2.68. The Morgan fingerprint density at radius 2 is 2.15 bits per heavy atom. The molecule has 0 amide bonds. The van der Waals surface area contributed by atoms with E-state index in [1.165, 1.54) is 12.1 Å². The molecule has 0 radical (unpaired) electrons. The predicted molar refractivity (Wildman–Crippen MR) is 66.8 cm³/mol. The maximum Gasteiger partial charge on any atom is 0.418 e. The number of aromatic amines is 1. The molecular weight excluding hydrogens is 269 g/mol. The molecule has 0 bridgehead atoms. The summed E-state index contributed by atoms with van der Waals surface area (Å²) in [4.78, 5) is 6.89. The Morgan fingerprint density at radius 3 is 2.70 bits per heavy atom. The van der Waals surface area contributed by atoms with Crippen molar-refractivity contribution in [1.82, 2.24) is 9.97 Å². The zero-order valence-electron chi connectivity index (χ0n) is 10.5. The van der Waals surface area contributed by atoms with Crippen LogP contribution >= 0.6 is 0 Å². The zero-order chi connectivity index (χ0) is 14.8. The molecule has 0 saturated heterocycles. The van der Waals surface area contributed by atoms with Gasteiger partial charge in [0.05, 0.1) is 35.6 Å². The normalized spacial score (nSPS) is 11.2. The van der Waals surface area contributed by atoms with Gasteiger partial charge in [0, 0.05) is 5.69 Å². The van der Waals surface area contributed by atoms with E-state index in [1.807, 2.05) is 0 Å². The maximum absolute atomic E-state index is 12.9. The Bertz CT molecular complexity index is 652. The highest BCUT2D eigenvalue weighted by atomic mass is 19.4. The molecule has 0 fully saturated rings. The third-order valence-electron chi connectivity index (χ3n) is 2.68. The average Bonchev–Trinajstić information content (AvgIpc) is 2.81. The van der Waals surface area contributed by atoms with Crippen molar-refractivity contribution < 1.29 is 13.2 Å². The monoisotopic (exact) mass is 280 g/mol. The fourth-order valence-corrected chi connectivity index (χ4v) is 1.75. The summed E-state index contributed by atoms with van der Waals surface area (Å²) in [5.41, 5.74) is -0.267. The number of aromatic nitrogens is 2. The van der Waals surface area contributed by atoms with E-state index in [0.29, 0.717) is 11.5 Å². The molecule has 7 heteroatoms. The van der Waals surface area contributed by atoms with Gasteiger partial charge in [0.1, 0.15) is 5.82 Å². The van der Waals surface area contributed by atoms with E-state index in [2.05, 4.69) is 15.3 Å². The van der Waals surface area contributed by atoms with Crippen LogP contribution in [-0.2, 0) is 12.7 Å². The lowest BCUT2D eigenvalue weighted by Crippen LogP contribution is -2.11. The topological polar surface area (TPSA) is 64.5 Å². The Kier molecular flexibility index (Phi) is 3.66. The van der Waals surface area contributed by atoms with Crippen LogP contribution in [0.5, 0.6) is 0 Å². The Hall–Kier alpha value is -2.49. The molecule has 20 heavy (non-hydrogen) atoms. The molecule has 0 aliphatic carbocycles. The zero-order valence-corrected chi connectivity index (χ0v) is 10.5. The lowest BCUT2D eigenvalue weighted by atomic mass is 10.1. The molecule has 0 atom stereocenters. The standard InChI is InChI=1S/C13H11F3N4/c1-8-18-6-10(20-8)7-19-12-3-2-9(5-17)4-11(12)13(14,15)16/h2-4,6,19H,7H2,1H3,(H,18,20). The Balaban J connectivity index is 2.25. The first kappa shape index (κ1) is 13.9. The van der Waals surface area contributed by atoms with Crippen molar-refractivity contribution in [2.24, 2.45) is 0 Å². The average molecular weight is 280 g/mol. The van der Waals surface area contributed by atoms with Gasteiger partial charge in [-0.1, -0.05) is 0 Å². The van der Waals surface area contributed by atoms with Crippen LogP contribution in [0.3, 0.4) is 0 Å². The molecule has 0 aliphatic rings. The summed E-state index contributed by atoms with van der Waals surface area (Å²) in [5, 5.41) is 11.4. The van der Waals surface area contributed by atoms with Gasteiger partial charge >= 0.3 is 6.18 Å². The van der Waals surface area contributed by atoms with Crippen molar-refractivity contribution in [2.45, 2.75) is 19.6 Å². The molecule has 2 rings (SSSR count). The summed E-state index contributed by atoms with van der Waals surface area (Å²) in [5.74, 6) is 0.692. The van der Waals surface area contributed by atoms with E-state index in [1.54, 1.807) is 19.2 Å². The molecule has 0 spiro atoms. The van der Waals surface area contributed by atoms with Crippen molar-refractivity contribution >= 4 is 5.69 Å². The van der Waals surface area contributed by atoms with Crippen LogP contribution < -0.4 is 5.32 Å². The SMILES string of the molecule is Cc1ncc(CNc2ccc(C#N)cc2C(F)(F)F)[nH]1. The summed E-state index contributed by atoms with van der Waals surface area (Å²) in [7, 11) is 0. The van der Waals surface area contributed by atoms with Crippen LogP contribution in [0.1, 0.15) is 22.6 Å². The second-order valence-electron chi connectivity index (χ2n) is 4.22. The molecule has 1 heterocycles. The quantitative estimate of drug-likeness (QED) is 0.907. The first-order valence-corrected chi connectivity index (χ1v) is 5.76. The van der Waals surface area contributed by atoms with E-state index >= 15 is 0 Å². The van der Waals surface area contributed by atoms with Crippen LogP contribution in [0.15, 0.2) is 24.4 Å². The number of hydrogen-bond donors (Lipinski definition) is 2. The predicted octanol–water partition coefficient (Wildman–Crippen LogP) is 3.22. The highest BCUT2D eigenvalue weighted by Gasteiger charge is 2.33. The third kappa shape index (κ3) is 3.09. The lowest BCUT2D eigenvalue weighted by Gasteiger charge is -2.14. The first-order valence-electron chi connectivity index (χ1n) is 5.76. The van der Waals surface area contributed by atoms with Gasteiger partial charge in [0.25, 0.3) is 0 Å². The minimum absolute atomic E-state index is 0.0275. The molecule has 1 aromatic carbocycles. The Labute approximate surface area is 113 Å². The molecule has 2 aromatic rings. The molecule has 1 aromatic heterocycles. The van der Waals surface area contributed by atoms with E-state index in [4.69, 9.17) is 5.26 Å². The summed E-state index contributed by atoms with van der Waals surface area (Å²) in [6, 6.07) is 5.13. The van der Waals surface area contributed by atoms with Crippen LogP contribution in [0, 0.1) is 18.3 Å². The largest absolute Gasteiger partial charge is 0.418 e. The highest BCUT2D eigenvalue weighted by molar-refractivity contribution is 5.56. The van der Waals surface area contributed by atoms with E-state index in [9.17, 15) is 13.2 Å². The van der Waals surface area contributed by atoms with E-state index < -0.39 is 11.7 Å².